The normalized spacial score (nSPS) is 12.3. The van der Waals surface area contributed by atoms with E-state index in [2.05, 4.69) is 11.6 Å². The summed E-state index contributed by atoms with van der Waals surface area (Å²) in [5, 5.41) is 0. The molecule has 0 aromatic rings. The quantitative estimate of drug-likeness (QED) is 0.0854. The predicted molar refractivity (Wildman–Crippen MR) is 98.8 cm³/mol. The molecule has 0 aromatic heterocycles. The number of hydrogen-bond donors (Lipinski definition) is 0. The summed E-state index contributed by atoms with van der Waals surface area (Å²) in [6.07, 6.45) is 18.8. The Morgan fingerprint density at radius 1 is 0.667 bits per heavy atom. The first kappa shape index (κ1) is 34.9. The molecule has 0 aliphatic heterocycles. The minimum atomic E-state index is -5.04. The van der Waals surface area contributed by atoms with Crippen LogP contribution in [-0.2, 0) is 14.1 Å². The van der Waals surface area contributed by atoms with Crippen LogP contribution in [0, 0.1) is 0 Å². The molecule has 0 spiro atoms. The van der Waals surface area contributed by atoms with E-state index in [0.717, 1.165) is 25.7 Å². The summed E-state index contributed by atoms with van der Waals surface area (Å²) in [5.41, 5.74) is 0. The van der Waals surface area contributed by atoms with Crippen LogP contribution in [0.5, 0.6) is 0 Å². The average molecular weight is 457 g/mol. The van der Waals surface area contributed by atoms with Gasteiger partial charge in [-0.05, 0) is 12.8 Å². The predicted octanol–water partition coefficient (Wildman–Crippen LogP) is -0.579. The molecular weight excluding hydrogens is 417 g/mol. The molecule has 0 saturated heterocycles. The first-order valence-corrected chi connectivity index (χ1v) is 11.8. The summed E-state index contributed by atoms with van der Waals surface area (Å²) >= 11 is 0. The number of rotatable bonds is 19. The van der Waals surface area contributed by atoms with Crippen molar-refractivity contribution in [2.45, 2.75) is 123 Å². The van der Waals surface area contributed by atoms with E-state index in [1.807, 2.05) is 6.92 Å². The molecule has 0 radical (unpaired) electrons. The first-order chi connectivity index (χ1) is 12.0. The van der Waals surface area contributed by atoms with Gasteiger partial charge >= 0.3 is 103 Å². The zero-order valence-electron chi connectivity index (χ0n) is 18.4. The molecule has 5 nitrogen and oxygen atoms in total. The summed E-state index contributed by atoms with van der Waals surface area (Å²) < 4.78 is 14.4. The molecule has 0 aromatic carbocycles. The third-order valence-electron chi connectivity index (χ3n) is 4.51. The SMILES string of the molecule is CCCCCCCCCCCCCCCC(CCC)OOP(=O)([O-])[O-].[K+].[K+]. The maximum Gasteiger partial charge on any atom is 1.00 e. The maximum absolute atomic E-state index is 10.5. The molecule has 27 heavy (non-hydrogen) atoms. The van der Waals surface area contributed by atoms with Crippen LogP contribution in [0.1, 0.15) is 117 Å². The summed E-state index contributed by atoms with van der Waals surface area (Å²) in [6.45, 7) is 4.25. The Morgan fingerprint density at radius 3 is 1.44 bits per heavy atom. The van der Waals surface area contributed by atoms with Crippen LogP contribution in [0.15, 0.2) is 0 Å². The molecule has 0 aliphatic carbocycles. The van der Waals surface area contributed by atoms with Gasteiger partial charge in [-0.15, -0.1) is 0 Å². The Kier molecular flexibility index (Phi) is 33.1. The molecule has 0 heterocycles. The van der Waals surface area contributed by atoms with Crippen LogP contribution >= 0.6 is 7.82 Å². The van der Waals surface area contributed by atoms with E-state index in [1.54, 1.807) is 0 Å². The Labute approximate surface area is 252 Å². The van der Waals surface area contributed by atoms with Crippen molar-refractivity contribution < 1.29 is 127 Å². The zero-order chi connectivity index (χ0) is 18.8. The van der Waals surface area contributed by atoms with Crippen LogP contribution in [0.25, 0.3) is 0 Å². The van der Waals surface area contributed by atoms with E-state index in [-0.39, 0.29) is 109 Å². The molecule has 0 N–H and O–H groups in total. The number of phosphoric acid groups is 1. The van der Waals surface area contributed by atoms with Crippen molar-refractivity contribution in [2.24, 2.45) is 0 Å². The molecule has 8 heteroatoms. The second-order valence-electron chi connectivity index (χ2n) is 7.06. The summed E-state index contributed by atoms with van der Waals surface area (Å²) in [7, 11) is -5.04. The number of hydrogen-bond acceptors (Lipinski definition) is 5. The molecule has 0 saturated carbocycles. The molecule has 0 bridgehead atoms. The maximum atomic E-state index is 10.5. The molecule has 0 rings (SSSR count). The standard InChI is InChI=1S/C19H41O5P.2K/c1-3-5-6-7-8-9-10-11-12-13-14-15-16-18-19(17-4-2)23-24-25(20,21)22;;/h19H,3-18H2,1-2H3,(H2,20,21,22);;/q;2*+1/p-2. The fraction of sp³-hybridized carbons (Fsp3) is 1.00. The Morgan fingerprint density at radius 2 is 1.07 bits per heavy atom. The van der Waals surface area contributed by atoms with Gasteiger partial charge in [0.1, 0.15) is 7.82 Å². The molecule has 0 aliphatic rings. The topological polar surface area (TPSA) is 81.7 Å². The van der Waals surface area contributed by atoms with Gasteiger partial charge in [-0.25, -0.2) is 9.56 Å². The largest absolute Gasteiger partial charge is 1.00 e. The Balaban J connectivity index is -0.00000288. The van der Waals surface area contributed by atoms with Gasteiger partial charge in [-0.2, -0.15) is 0 Å². The van der Waals surface area contributed by atoms with Crippen molar-refractivity contribution in [3.8, 4) is 0 Å². The molecule has 0 fully saturated rings. The van der Waals surface area contributed by atoms with Gasteiger partial charge < -0.3 is 14.4 Å². The van der Waals surface area contributed by atoms with Gasteiger partial charge in [0, 0.05) is 0 Å². The monoisotopic (exact) mass is 456 g/mol. The van der Waals surface area contributed by atoms with Crippen molar-refractivity contribution >= 4 is 7.82 Å². The average Bonchev–Trinajstić information content (AvgIpc) is 2.56. The minimum absolute atomic E-state index is 0. The van der Waals surface area contributed by atoms with Crippen LogP contribution in [0.2, 0.25) is 0 Å². The number of unbranched alkanes of at least 4 members (excludes halogenated alkanes) is 12. The van der Waals surface area contributed by atoms with Gasteiger partial charge in [-0.1, -0.05) is 104 Å². The molecule has 1 atom stereocenters. The third-order valence-corrected chi connectivity index (χ3v) is 4.78. The van der Waals surface area contributed by atoms with Gasteiger partial charge in [0.15, 0.2) is 0 Å². The smallest absolute Gasteiger partial charge is 0.788 e. The Hall–Kier alpha value is 3.34. The molecular formula is C19H39K2O5P. The first-order valence-electron chi connectivity index (χ1n) is 10.4. The third kappa shape index (κ3) is 29.3. The van der Waals surface area contributed by atoms with Crippen molar-refractivity contribution in [1.82, 2.24) is 0 Å². The van der Waals surface area contributed by atoms with Gasteiger partial charge in [-0.3, -0.25) is 0 Å². The van der Waals surface area contributed by atoms with E-state index < -0.39 is 7.82 Å². The van der Waals surface area contributed by atoms with E-state index >= 15 is 0 Å². The van der Waals surface area contributed by atoms with Gasteiger partial charge in [0.2, 0.25) is 0 Å². The van der Waals surface area contributed by atoms with Crippen LogP contribution in [-0.4, -0.2) is 6.10 Å². The van der Waals surface area contributed by atoms with Gasteiger partial charge in [0.25, 0.3) is 0 Å². The zero-order valence-corrected chi connectivity index (χ0v) is 25.5. The van der Waals surface area contributed by atoms with E-state index in [1.165, 1.54) is 70.6 Å². The second-order valence-corrected chi connectivity index (χ2v) is 8.10. The van der Waals surface area contributed by atoms with Crippen molar-refractivity contribution in [1.29, 1.82) is 0 Å². The molecule has 1 unspecified atom stereocenters. The fourth-order valence-corrected chi connectivity index (χ4v) is 3.29. The van der Waals surface area contributed by atoms with Crippen molar-refractivity contribution in [3.63, 3.8) is 0 Å². The summed E-state index contributed by atoms with van der Waals surface area (Å²) in [4.78, 5) is 25.7. The van der Waals surface area contributed by atoms with Crippen molar-refractivity contribution in [3.05, 3.63) is 0 Å². The Bertz CT molecular complexity index is 329. The van der Waals surface area contributed by atoms with Crippen molar-refractivity contribution in [2.75, 3.05) is 0 Å². The molecule has 152 valence electrons. The van der Waals surface area contributed by atoms with Crippen LogP contribution in [0.4, 0.5) is 0 Å². The second kappa shape index (κ2) is 25.6. The van der Waals surface area contributed by atoms with Gasteiger partial charge in [0.05, 0.1) is 6.10 Å². The van der Waals surface area contributed by atoms with Crippen LogP contribution < -0.4 is 113 Å². The summed E-state index contributed by atoms with van der Waals surface area (Å²) in [5.74, 6) is 0. The fourth-order valence-electron chi connectivity index (χ4n) is 3.07. The summed E-state index contributed by atoms with van der Waals surface area (Å²) in [6, 6.07) is 0. The molecule has 0 amide bonds. The minimum Gasteiger partial charge on any atom is -0.788 e. The van der Waals surface area contributed by atoms with E-state index in [9.17, 15) is 14.4 Å². The van der Waals surface area contributed by atoms with Crippen LogP contribution in [0.3, 0.4) is 0 Å². The van der Waals surface area contributed by atoms with E-state index in [4.69, 9.17) is 4.89 Å². The van der Waals surface area contributed by atoms with E-state index in [0.29, 0.717) is 6.42 Å².